The van der Waals surface area contributed by atoms with Gasteiger partial charge in [0.25, 0.3) is 0 Å². The number of allylic oxidation sites excluding steroid dienone is 1. The highest BCUT2D eigenvalue weighted by Crippen LogP contribution is 2.35. The second-order valence-electron chi connectivity index (χ2n) is 14.6. The number of alkyl carbamates (subject to hydrolysis) is 1. The van der Waals surface area contributed by atoms with Gasteiger partial charge in [0.1, 0.15) is 36.3 Å². The molecule has 6 rings (SSSR count). The Morgan fingerprint density at radius 1 is 0.931 bits per heavy atom. The van der Waals surface area contributed by atoms with Gasteiger partial charge in [-0.15, -0.1) is 5.10 Å². The number of ketones is 1. The third-order valence-electron chi connectivity index (χ3n) is 10.3. The first kappa shape index (κ1) is 41.1. The summed E-state index contributed by atoms with van der Waals surface area (Å²) in [6, 6.07) is 14.5. The molecule has 0 spiro atoms. The molecule has 0 radical (unpaired) electrons. The van der Waals surface area contributed by atoms with Crippen molar-refractivity contribution in [2.24, 2.45) is 11.8 Å². The maximum atomic E-state index is 15.3. The van der Waals surface area contributed by atoms with Gasteiger partial charge in [-0.25, -0.2) is 23.5 Å². The van der Waals surface area contributed by atoms with Gasteiger partial charge >= 0.3 is 18.2 Å². The molecule has 0 bridgehead atoms. The van der Waals surface area contributed by atoms with Gasteiger partial charge in [0, 0.05) is 44.6 Å². The summed E-state index contributed by atoms with van der Waals surface area (Å²) < 4.78 is 27.7. The number of anilines is 1. The Balaban J connectivity index is 0.955. The summed E-state index contributed by atoms with van der Waals surface area (Å²) in [5, 5.41) is 23.5. The molecule has 2 aromatic carbocycles. The molecule has 3 heterocycles. The number of hydrogen-bond donors (Lipinski definition) is 3. The van der Waals surface area contributed by atoms with E-state index in [0.717, 1.165) is 5.56 Å². The van der Waals surface area contributed by atoms with Crippen LogP contribution in [0.15, 0.2) is 96.2 Å². The number of fused-ring (bicyclic) bond motifs is 1. The maximum absolute atomic E-state index is 15.3. The summed E-state index contributed by atoms with van der Waals surface area (Å²) >= 11 is 0. The van der Waals surface area contributed by atoms with E-state index in [0.29, 0.717) is 42.3 Å². The Hall–Kier alpha value is -6.52. The lowest BCUT2D eigenvalue weighted by atomic mass is 9.82. The normalized spacial score (nSPS) is 19.0. The fraction of sp³-hybridized carbons (Fsp3) is 0.390. The number of likely N-dealkylation sites (N-methyl/N-ethyl adjacent to an activating group) is 1. The second kappa shape index (κ2) is 18.2. The van der Waals surface area contributed by atoms with Crippen molar-refractivity contribution in [1.29, 1.82) is 0 Å². The number of carboxylic acid groups (broad SMARTS) is 1. The zero-order valence-electron chi connectivity index (χ0n) is 32.7. The summed E-state index contributed by atoms with van der Waals surface area (Å²) in [5.41, 5.74) is 2.51. The molecule has 4 atom stereocenters. The molecule has 2 aliphatic heterocycles. The van der Waals surface area contributed by atoms with Crippen LogP contribution in [-0.4, -0.2) is 103 Å². The summed E-state index contributed by atoms with van der Waals surface area (Å²) in [7, 11) is 0. The Morgan fingerprint density at radius 2 is 1.60 bits per heavy atom. The summed E-state index contributed by atoms with van der Waals surface area (Å²) in [6.07, 6.45) is 4.70. The third kappa shape index (κ3) is 9.53. The second-order valence-corrected chi connectivity index (χ2v) is 14.6. The standard InChI is InChI=1S/C41H47FN8O8/c1-5-47-21-31(39(53)54)37(51)30-19-32(42)35(20-34(30)47)48-15-17-49(18-16-48)41(56)58-24-28-11-13-29(14-12-28)43-38(52)26(4)50-22-33(45-46-50)36(25(2)3)44-40(55)57-23-27-9-7-6-8-10-27/h6-14,19-22,25-26,30,34,36H,5,15-18,23-24H2,1-4H3,(H,43,52)(H,44,55)(H,53,54)/t26?,30?,34?,36-/m0/s1. The SMILES string of the molecule is CCN1C=C(C(=O)O)C(=O)C2C=C(F)C(N3CCN(C(=O)OCc4ccc(NC(=O)C(C)n5cc([C@@H](NC(=O)OCc6ccccc6)C(C)C)nn5)cc4)CC3)=CC21. The maximum Gasteiger partial charge on any atom is 0.410 e. The van der Waals surface area contributed by atoms with E-state index in [1.165, 1.54) is 21.9 Å². The third-order valence-corrected chi connectivity index (χ3v) is 10.3. The number of aliphatic carboxylic acids is 1. The number of piperazine rings is 1. The first-order valence-electron chi connectivity index (χ1n) is 19.1. The molecule has 306 valence electrons. The largest absolute Gasteiger partial charge is 0.478 e. The topological polar surface area (TPSA) is 189 Å². The van der Waals surface area contributed by atoms with E-state index >= 15 is 4.39 Å². The van der Waals surface area contributed by atoms with Crippen molar-refractivity contribution in [3.8, 4) is 0 Å². The molecule has 1 saturated heterocycles. The van der Waals surface area contributed by atoms with Gasteiger partial charge in [-0.05, 0) is 55.2 Å². The fourth-order valence-electron chi connectivity index (χ4n) is 6.95. The van der Waals surface area contributed by atoms with Crippen molar-refractivity contribution in [2.75, 3.05) is 38.0 Å². The number of carbonyl (C=O) groups is 5. The molecule has 1 aliphatic carbocycles. The number of carbonyl (C=O) groups excluding carboxylic acids is 4. The number of hydrogen-bond acceptors (Lipinski definition) is 11. The lowest BCUT2D eigenvalue weighted by Gasteiger charge is -2.42. The monoisotopic (exact) mass is 798 g/mol. The minimum absolute atomic E-state index is 0.00538. The fourth-order valence-corrected chi connectivity index (χ4v) is 6.95. The van der Waals surface area contributed by atoms with E-state index < -0.39 is 53.8 Å². The highest BCUT2D eigenvalue weighted by atomic mass is 19.1. The average molecular weight is 799 g/mol. The van der Waals surface area contributed by atoms with E-state index in [1.807, 2.05) is 56.0 Å². The number of ether oxygens (including phenoxy) is 2. The lowest BCUT2D eigenvalue weighted by Crippen LogP contribution is -2.50. The number of nitrogens with one attached hydrogen (secondary N) is 2. The Morgan fingerprint density at radius 3 is 2.26 bits per heavy atom. The number of nitrogens with zero attached hydrogens (tertiary/aromatic N) is 6. The molecule has 3 aromatic rings. The van der Waals surface area contributed by atoms with E-state index in [1.54, 1.807) is 48.4 Å². The zero-order chi connectivity index (χ0) is 41.5. The number of carboxylic acids is 1. The molecule has 58 heavy (non-hydrogen) atoms. The summed E-state index contributed by atoms with van der Waals surface area (Å²) in [6.45, 7) is 9.14. The minimum Gasteiger partial charge on any atom is -0.478 e. The smallest absolute Gasteiger partial charge is 0.410 e. The van der Waals surface area contributed by atoms with Gasteiger partial charge in [-0.2, -0.15) is 0 Å². The van der Waals surface area contributed by atoms with Gasteiger partial charge in [0.05, 0.1) is 29.9 Å². The van der Waals surface area contributed by atoms with Crippen LogP contribution in [0.25, 0.3) is 0 Å². The number of halogens is 1. The van der Waals surface area contributed by atoms with Crippen molar-refractivity contribution >= 4 is 35.5 Å². The average Bonchev–Trinajstić information content (AvgIpc) is 3.71. The molecule has 3 aliphatic rings. The summed E-state index contributed by atoms with van der Waals surface area (Å²) in [4.78, 5) is 68.1. The van der Waals surface area contributed by atoms with Gasteiger partial charge in [0.15, 0.2) is 5.78 Å². The van der Waals surface area contributed by atoms with Crippen LogP contribution in [0.1, 0.15) is 56.6 Å². The molecule has 3 N–H and O–H groups in total. The van der Waals surface area contributed by atoms with Crippen molar-refractivity contribution in [1.82, 2.24) is 35.0 Å². The Labute approximate surface area is 334 Å². The molecule has 17 heteroatoms. The first-order valence-corrected chi connectivity index (χ1v) is 19.1. The number of Topliss-reactive ketones (excluding diaryl/α,β-unsaturated/α-hetero) is 1. The van der Waals surface area contributed by atoms with E-state index in [4.69, 9.17) is 9.47 Å². The van der Waals surface area contributed by atoms with Crippen LogP contribution < -0.4 is 10.6 Å². The predicted molar refractivity (Wildman–Crippen MR) is 208 cm³/mol. The highest BCUT2D eigenvalue weighted by Gasteiger charge is 2.41. The van der Waals surface area contributed by atoms with E-state index in [-0.39, 0.29) is 43.7 Å². The van der Waals surface area contributed by atoms with Crippen LogP contribution in [0.2, 0.25) is 0 Å². The number of amides is 3. The van der Waals surface area contributed by atoms with Crippen molar-refractivity contribution in [3.63, 3.8) is 0 Å². The van der Waals surface area contributed by atoms with Gasteiger partial charge in [-0.3, -0.25) is 9.59 Å². The van der Waals surface area contributed by atoms with Crippen LogP contribution >= 0.6 is 0 Å². The van der Waals surface area contributed by atoms with Crippen LogP contribution in [0.3, 0.4) is 0 Å². The van der Waals surface area contributed by atoms with Gasteiger partial charge in [0.2, 0.25) is 5.91 Å². The molecular weight excluding hydrogens is 751 g/mol. The molecule has 3 amide bonds. The number of benzene rings is 2. The van der Waals surface area contributed by atoms with E-state index in [2.05, 4.69) is 20.9 Å². The van der Waals surface area contributed by atoms with Crippen molar-refractivity contribution < 1.29 is 42.9 Å². The molecule has 1 fully saturated rings. The number of rotatable bonds is 13. The molecule has 3 unspecified atom stereocenters. The van der Waals surface area contributed by atoms with Crippen LogP contribution in [0, 0.1) is 11.8 Å². The molecule has 16 nitrogen and oxygen atoms in total. The van der Waals surface area contributed by atoms with Crippen LogP contribution in [0.4, 0.5) is 19.7 Å². The summed E-state index contributed by atoms with van der Waals surface area (Å²) in [5.74, 6) is -3.89. The first-order chi connectivity index (χ1) is 27.8. The quantitative estimate of drug-likeness (QED) is 0.198. The van der Waals surface area contributed by atoms with E-state index in [9.17, 15) is 29.1 Å². The van der Waals surface area contributed by atoms with Gasteiger partial charge in [-0.1, -0.05) is 61.5 Å². The van der Waals surface area contributed by atoms with Crippen molar-refractivity contribution in [2.45, 2.75) is 59.0 Å². The Bertz CT molecular complexity index is 2090. The predicted octanol–water partition coefficient (Wildman–Crippen LogP) is 4.96. The van der Waals surface area contributed by atoms with Crippen LogP contribution in [-0.2, 0) is 37.1 Å². The molecule has 0 saturated carbocycles. The van der Waals surface area contributed by atoms with Crippen molar-refractivity contribution in [3.05, 3.63) is 113 Å². The Kier molecular flexibility index (Phi) is 12.9. The van der Waals surface area contributed by atoms with Gasteiger partial charge < -0.3 is 39.9 Å². The molecular formula is C41H47FN8O8. The zero-order valence-corrected chi connectivity index (χ0v) is 32.7. The number of aromatic nitrogens is 3. The highest BCUT2D eigenvalue weighted by molar-refractivity contribution is 6.18. The molecule has 1 aromatic heterocycles. The minimum atomic E-state index is -1.34. The lowest BCUT2D eigenvalue weighted by molar-refractivity contribution is -0.136. The van der Waals surface area contributed by atoms with Crippen LogP contribution in [0.5, 0.6) is 0 Å².